The van der Waals surface area contributed by atoms with Gasteiger partial charge in [-0.3, -0.25) is 4.79 Å². The van der Waals surface area contributed by atoms with E-state index in [4.69, 9.17) is 9.26 Å². The van der Waals surface area contributed by atoms with Gasteiger partial charge in [-0.2, -0.15) is 4.98 Å². The van der Waals surface area contributed by atoms with E-state index in [1.807, 2.05) is 6.07 Å². The van der Waals surface area contributed by atoms with Crippen LogP contribution in [-0.4, -0.2) is 22.7 Å². The number of halogens is 2. The Morgan fingerprint density at radius 3 is 2.81 bits per heavy atom. The summed E-state index contributed by atoms with van der Waals surface area (Å²) >= 11 is 1.38. The highest BCUT2D eigenvalue weighted by Crippen LogP contribution is 2.33. The van der Waals surface area contributed by atoms with Gasteiger partial charge in [-0.25, -0.2) is 8.78 Å². The molecule has 27 heavy (non-hydrogen) atoms. The number of carbonyl (C=O) groups excluding carboxylic acids is 1. The minimum Gasteiger partial charge on any atom is -0.373 e. The fourth-order valence-corrected chi connectivity index (χ4v) is 3.83. The summed E-state index contributed by atoms with van der Waals surface area (Å²) in [4.78, 5) is 17.8. The van der Waals surface area contributed by atoms with Gasteiger partial charge >= 0.3 is 0 Å². The summed E-state index contributed by atoms with van der Waals surface area (Å²) in [5.41, 5.74) is -0.387. The highest BCUT2D eigenvalue weighted by Gasteiger charge is 2.21. The molecule has 9 heteroatoms. The van der Waals surface area contributed by atoms with Gasteiger partial charge in [0, 0.05) is 11.5 Å². The van der Waals surface area contributed by atoms with Crippen LogP contribution < -0.4 is 5.32 Å². The third-order valence-corrected chi connectivity index (χ3v) is 5.33. The lowest BCUT2D eigenvalue weighted by atomic mass is 10.2. The molecule has 1 atom stereocenters. The summed E-state index contributed by atoms with van der Waals surface area (Å²) < 4.78 is 38.1. The predicted octanol–water partition coefficient (Wildman–Crippen LogP) is 3.86. The molecule has 1 amide bonds. The SMILES string of the molecule is O=C(NCc1noc(-c2c(F)cccc2F)n1)c1ccc([C@H]2CCCO2)s1. The number of nitrogens with one attached hydrogen (secondary N) is 1. The van der Waals surface area contributed by atoms with Gasteiger partial charge in [0.05, 0.1) is 17.5 Å². The van der Waals surface area contributed by atoms with Crippen LogP contribution in [0.3, 0.4) is 0 Å². The molecule has 1 aliphatic rings. The summed E-state index contributed by atoms with van der Waals surface area (Å²) in [6, 6.07) is 7.09. The van der Waals surface area contributed by atoms with Gasteiger partial charge in [-0.1, -0.05) is 11.2 Å². The topological polar surface area (TPSA) is 77.3 Å². The van der Waals surface area contributed by atoms with Crippen LogP contribution in [0, 0.1) is 11.6 Å². The van der Waals surface area contributed by atoms with Crippen molar-refractivity contribution >= 4 is 17.2 Å². The molecule has 3 heterocycles. The van der Waals surface area contributed by atoms with E-state index in [0.717, 1.165) is 36.5 Å². The number of benzene rings is 1. The molecule has 140 valence electrons. The quantitative estimate of drug-likeness (QED) is 0.715. The summed E-state index contributed by atoms with van der Waals surface area (Å²) in [7, 11) is 0. The first-order valence-corrected chi connectivity index (χ1v) is 9.20. The van der Waals surface area contributed by atoms with Crippen molar-refractivity contribution in [2.45, 2.75) is 25.5 Å². The highest BCUT2D eigenvalue weighted by molar-refractivity contribution is 7.14. The highest BCUT2D eigenvalue weighted by atomic mass is 32.1. The molecule has 2 aromatic heterocycles. The lowest BCUT2D eigenvalue weighted by Crippen LogP contribution is -2.22. The second-order valence-electron chi connectivity index (χ2n) is 6.00. The first-order chi connectivity index (χ1) is 13.1. The third-order valence-electron chi connectivity index (χ3n) is 4.15. The van der Waals surface area contributed by atoms with E-state index in [-0.39, 0.29) is 35.8 Å². The van der Waals surface area contributed by atoms with Crippen LogP contribution in [0.5, 0.6) is 0 Å². The monoisotopic (exact) mass is 391 g/mol. The Morgan fingerprint density at radius 2 is 2.07 bits per heavy atom. The second kappa shape index (κ2) is 7.53. The molecule has 4 rings (SSSR count). The number of hydrogen-bond donors (Lipinski definition) is 1. The van der Waals surface area contributed by atoms with Crippen molar-refractivity contribution in [2.24, 2.45) is 0 Å². The number of rotatable bonds is 5. The van der Waals surface area contributed by atoms with E-state index >= 15 is 0 Å². The van der Waals surface area contributed by atoms with E-state index < -0.39 is 11.6 Å². The maximum atomic E-state index is 13.8. The van der Waals surface area contributed by atoms with Crippen LogP contribution in [0.15, 0.2) is 34.9 Å². The van der Waals surface area contributed by atoms with Crippen molar-refractivity contribution in [3.63, 3.8) is 0 Å². The molecular weight excluding hydrogens is 376 g/mol. The Morgan fingerprint density at radius 1 is 1.26 bits per heavy atom. The molecule has 1 aromatic carbocycles. The van der Waals surface area contributed by atoms with Crippen molar-refractivity contribution in [1.82, 2.24) is 15.5 Å². The van der Waals surface area contributed by atoms with Crippen molar-refractivity contribution in [2.75, 3.05) is 6.61 Å². The Kier molecular flexibility index (Phi) is 4.95. The molecule has 0 bridgehead atoms. The van der Waals surface area contributed by atoms with Crippen LogP contribution >= 0.6 is 11.3 Å². The molecule has 0 radical (unpaired) electrons. The zero-order valence-electron chi connectivity index (χ0n) is 14.1. The number of hydrogen-bond acceptors (Lipinski definition) is 6. The van der Waals surface area contributed by atoms with E-state index in [2.05, 4.69) is 15.5 Å². The first kappa shape index (κ1) is 17.7. The molecule has 0 saturated carbocycles. The van der Waals surface area contributed by atoms with Gasteiger partial charge < -0.3 is 14.6 Å². The van der Waals surface area contributed by atoms with Crippen molar-refractivity contribution in [3.05, 3.63) is 57.5 Å². The number of thiophene rings is 1. The number of ether oxygens (including phenoxy) is 1. The largest absolute Gasteiger partial charge is 0.373 e. The van der Waals surface area contributed by atoms with Crippen LogP contribution in [0.2, 0.25) is 0 Å². The second-order valence-corrected chi connectivity index (χ2v) is 7.11. The Bertz CT molecular complexity index is 946. The smallest absolute Gasteiger partial charge is 0.263 e. The number of carbonyl (C=O) groups is 1. The summed E-state index contributed by atoms with van der Waals surface area (Å²) in [6.45, 7) is 0.721. The van der Waals surface area contributed by atoms with E-state index in [0.29, 0.717) is 4.88 Å². The summed E-state index contributed by atoms with van der Waals surface area (Å²) in [5, 5.41) is 6.33. The summed E-state index contributed by atoms with van der Waals surface area (Å²) in [6.07, 6.45) is 2.04. The van der Waals surface area contributed by atoms with Gasteiger partial charge in [-0.15, -0.1) is 11.3 Å². The minimum absolute atomic E-state index is 0.0223. The zero-order chi connectivity index (χ0) is 18.8. The van der Waals surface area contributed by atoms with Gasteiger partial charge in [0.25, 0.3) is 11.8 Å². The average molecular weight is 391 g/mol. The molecule has 6 nitrogen and oxygen atoms in total. The van der Waals surface area contributed by atoms with Crippen LogP contribution in [-0.2, 0) is 11.3 Å². The van der Waals surface area contributed by atoms with Gasteiger partial charge in [0.2, 0.25) is 0 Å². The molecule has 0 spiro atoms. The summed E-state index contributed by atoms with van der Waals surface area (Å²) in [5.74, 6) is -2.03. The number of nitrogens with zero attached hydrogens (tertiary/aromatic N) is 2. The van der Waals surface area contributed by atoms with Crippen LogP contribution in [0.25, 0.3) is 11.5 Å². The first-order valence-electron chi connectivity index (χ1n) is 8.38. The van der Waals surface area contributed by atoms with Crippen LogP contribution in [0.1, 0.15) is 39.3 Å². The number of aromatic nitrogens is 2. The van der Waals surface area contributed by atoms with Crippen molar-refractivity contribution < 1.29 is 22.8 Å². The molecular formula is C18H15F2N3O3S. The van der Waals surface area contributed by atoms with Gasteiger partial charge in [0.15, 0.2) is 5.82 Å². The van der Waals surface area contributed by atoms with E-state index in [9.17, 15) is 13.6 Å². The minimum atomic E-state index is -0.797. The predicted molar refractivity (Wildman–Crippen MR) is 93.1 cm³/mol. The number of amides is 1. The van der Waals surface area contributed by atoms with Gasteiger partial charge in [0.1, 0.15) is 17.2 Å². The third kappa shape index (κ3) is 3.74. The Balaban J connectivity index is 1.41. The maximum Gasteiger partial charge on any atom is 0.263 e. The molecule has 1 saturated heterocycles. The lowest BCUT2D eigenvalue weighted by Gasteiger charge is -2.05. The fraction of sp³-hybridized carbons (Fsp3) is 0.278. The fourth-order valence-electron chi connectivity index (χ4n) is 2.83. The Labute approximate surface area is 157 Å². The molecule has 0 aliphatic carbocycles. The molecule has 3 aromatic rings. The van der Waals surface area contributed by atoms with Gasteiger partial charge in [-0.05, 0) is 37.1 Å². The molecule has 0 unspecified atom stereocenters. The average Bonchev–Trinajstić information content (AvgIpc) is 3.39. The molecule has 1 N–H and O–H groups in total. The van der Waals surface area contributed by atoms with Crippen molar-refractivity contribution in [3.8, 4) is 11.5 Å². The van der Waals surface area contributed by atoms with E-state index in [1.54, 1.807) is 6.07 Å². The van der Waals surface area contributed by atoms with E-state index in [1.165, 1.54) is 17.4 Å². The maximum absolute atomic E-state index is 13.8. The lowest BCUT2D eigenvalue weighted by molar-refractivity contribution is 0.0953. The van der Waals surface area contributed by atoms with Crippen molar-refractivity contribution in [1.29, 1.82) is 0 Å². The molecule has 1 fully saturated rings. The Hall–Kier alpha value is -2.65. The zero-order valence-corrected chi connectivity index (χ0v) is 14.9. The molecule has 1 aliphatic heterocycles. The van der Waals surface area contributed by atoms with Crippen LogP contribution in [0.4, 0.5) is 8.78 Å². The standard InChI is InChI=1S/C18H15F2N3O3S/c19-10-3-1-4-11(20)16(10)18-22-15(23-26-18)9-21-17(24)14-7-6-13(27-14)12-5-2-8-25-12/h1,3-4,6-7,12H,2,5,8-9H2,(H,21,24)/t12-/m1/s1. The normalized spacial score (nSPS) is 16.6.